The van der Waals surface area contributed by atoms with Gasteiger partial charge in [0.1, 0.15) is 5.92 Å². The maximum absolute atomic E-state index is 13.2. The summed E-state index contributed by atoms with van der Waals surface area (Å²) >= 11 is 1.69. The van der Waals surface area contributed by atoms with Gasteiger partial charge in [0.25, 0.3) is 0 Å². The van der Waals surface area contributed by atoms with Crippen molar-refractivity contribution in [2.45, 2.75) is 56.0 Å². The number of rotatable bonds is 2. The van der Waals surface area contributed by atoms with Gasteiger partial charge in [-0.15, -0.1) is 0 Å². The van der Waals surface area contributed by atoms with Crippen molar-refractivity contribution in [2.75, 3.05) is 6.26 Å². The summed E-state index contributed by atoms with van der Waals surface area (Å²) in [7, 11) is 0. The van der Waals surface area contributed by atoms with Crippen molar-refractivity contribution >= 4 is 11.8 Å². The van der Waals surface area contributed by atoms with Crippen molar-refractivity contribution in [3.05, 3.63) is 11.4 Å². The van der Waals surface area contributed by atoms with Gasteiger partial charge in [0.05, 0.1) is 6.07 Å². The molecule has 0 spiro atoms. The number of hydrogen-bond acceptors (Lipinski definition) is 2. The molecule has 0 bridgehead atoms. The normalized spacial score (nSPS) is 39.7. The van der Waals surface area contributed by atoms with E-state index in [1.54, 1.807) is 11.8 Å². The number of thioether (sulfide) groups is 1. The number of halogens is 3. The average Bonchev–Trinajstić information content (AvgIpc) is 2.52. The summed E-state index contributed by atoms with van der Waals surface area (Å²) in [4.78, 5) is 3.22. The summed E-state index contributed by atoms with van der Waals surface area (Å²) < 4.78 is 39.7. The Morgan fingerprint density at radius 1 is 1.18 bits per heavy atom. The van der Waals surface area contributed by atoms with Crippen LogP contribution in [0, 0.1) is 41.6 Å². The number of alkyl halides is 3. The quantitative estimate of drug-likeness (QED) is 0.672. The van der Waals surface area contributed by atoms with Gasteiger partial charge in [-0.3, -0.25) is 0 Å². The second-order valence-electron chi connectivity index (χ2n) is 6.49. The Bertz CT molecular complexity index is 465. The topological polar surface area (TPSA) is 28.1 Å². The lowest BCUT2D eigenvalue weighted by Crippen LogP contribution is -2.42. The summed E-state index contributed by atoms with van der Waals surface area (Å²) in [6, 6.07) is 1.40. The van der Waals surface area contributed by atoms with Crippen LogP contribution >= 0.6 is 11.8 Å². The van der Waals surface area contributed by atoms with Crippen LogP contribution in [-0.2, 0) is 0 Å². The Hall–Kier alpha value is -0.880. The molecule has 0 radical (unpaired) electrons. The van der Waals surface area contributed by atoms with Crippen molar-refractivity contribution in [1.29, 1.82) is 5.26 Å². The minimum absolute atomic E-state index is 0.0433. The zero-order valence-electron chi connectivity index (χ0n) is 12.6. The molecule has 2 rings (SSSR count). The van der Waals surface area contributed by atoms with E-state index in [0.29, 0.717) is 6.42 Å². The van der Waals surface area contributed by atoms with Crippen molar-refractivity contribution in [3.63, 3.8) is 0 Å². The smallest absolute Gasteiger partial charge is 0.313 e. The third kappa shape index (κ3) is 3.71. The number of nitrogens with zero attached hydrogens (tertiary/aromatic N) is 2. The molecule has 0 aromatic rings. The molecule has 0 heterocycles. The van der Waals surface area contributed by atoms with Gasteiger partial charge in [0.15, 0.2) is 0 Å². The van der Waals surface area contributed by atoms with E-state index >= 15 is 0 Å². The molecule has 0 aromatic carbocycles. The number of nitriles is 1. The molecule has 2 aliphatic carbocycles. The van der Waals surface area contributed by atoms with E-state index in [1.807, 2.05) is 6.26 Å². The lowest BCUT2D eigenvalue weighted by atomic mass is 9.67. The van der Waals surface area contributed by atoms with Crippen molar-refractivity contribution < 1.29 is 13.2 Å². The van der Waals surface area contributed by atoms with Crippen LogP contribution in [-0.4, -0.2) is 23.7 Å². The lowest BCUT2D eigenvalue weighted by Gasteiger charge is -2.41. The van der Waals surface area contributed by atoms with Crippen LogP contribution < -0.4 is 0 Å². The van der Waals surface area contributed by atoms with Gasteiger partial charge < -0.3 is 4.85 Å². The van der Waals surface area contributed by atoms with Gasteiger partial charge in [-0.2, -0.15) is 30.2 Å². The van der Waals surface area contributed by atoms with Gasteiger partial charge >= 0.3 is 6.18 Å². The van der Waals surface area contributed by atoms with Gasteiger partial charge in [-0.05, 0) is 50.2 Å². The van der Waals surface area contributed by atoms with Crippen LogP contribution in [0.2, 0.25) is 0 Å². The van der Waals surface area contributed by atoms with E-state index in [4.69, 9.17) is 11.8 Å². The van der Waals surface area contributed by atoms with E-state index < -0.39 is 18.1 Å². The molecule has 22 heavy (non-hydrogen) atoms. The lowest BCUT2D eigenvalue weighted by molar-refractivity contribution is -0.189. The molecular weight excluding hydrogens is 309 g/mol. The molecule has 2 fully saturated rings. The molecule has 0 aliphatic heterocycles. The molecule has 2 aliphatic rings. The first-order chi connectivity index (χ1) is 10.4. The molecule has 2 saturated carbocycles. The monoisotopic (exact) mass is 330 g/mol. The molecule has 0 aromatic heterocycles. The van der Waals surface area contributed by atoms with E-state index in [2.05, 4.69) is 10.9 Å². The highest BCUT2D eigenvalue weighted by Gasteiger charge is 2.53. The average molecular weight is 330 g/mol. The van der Waals surface area contributed by atoms with E-state index in [-0.39, 0.29) is 29.4 Å². The summed E-state index contributed by atoms with van der Waals surface area (Å²) in [5, 5.41) is 9.35. The van der Waals surface area contributed by atoms with E-state index in [9.17, 15) is 13.2 Å². The maximum Gasteiger partial charge on any atom is 0.399 e. The highest BCUT2D eigenvalue weighted by Crippen LogP contribution is 2.49. The highest BCUT2D eigenvalue weighted by molar-refractivity contribution is 7.99. The first-order valence-corrected chi connectivity index (χ1v) is 9.05. The first-order valence-electron chi connectivity index (χ1n) is 7.76. The fourth-order valence-corrected chi connectivity index (χ4v) is 5.30. The molecule has 0 saturated heterocycles. The predicted molar refractivity (Wildman–Crippen MR) is 81.0 cm³/mol. The van der Waals surface area contributed by atoms with Crippen molar-refractivity contribution in [1.82, 2.24) is 0 Å². The predicted octanol–water partition coefficient (Wildman–Crippen LogP) is 4.92. The Balaban J connectivity index is 2.09. The number of hydrogen-bond donors (Lipinski definition) is 0. The summed E-state index contributed by atoms with van der Waals surface area (Å²) in [5.41, 5.74) is 0. The highest BCUT2D eigenvalue weighted by atomic mass is 32.2. The molecule has 6 atom stereocenters. The Morgan fingerprint density at radius 2 is 1.91 bits per heavy atom. The summed E-state index contributed by atoms with van der Waals surface area (Å²) in [6.45, 7) is 7.03. The third-order valence-electron chi connectivity index (χ3n) is 5.37. The standard InChI is InChI=1S/C16H21F3N2S/c1-21-14-6-4-11(8-13(14)16(17,18)19)12-5-3-10(9-20)7-15(12)22-2/h10-15H,3-8H2,2H3. The van der Waals surface area contributed by atoms with E-state index in [1.165, 1.54) is 0 Å². The van der Waals surface area contributed by atoms with Gasteiger partial charge in [0.2, 0.25) is 6.04 Å². The van der Waals surface area contributed by atoms with E-state index in [0.717, 1.165) is 25.7 Å². The van der Waals surface area contributed by atoms with Crippen LogP contribution in [0.25, 0.3) is 4.85 Å². The Morgan fingerprint density at radius 3 is 2.45 bits per heavy atom. The minimum atomic E-state index is -4.27. The van der Waals surface area contributed by atoms with Crippen LogP contribution in [0.3, 0.4) is 0 Å². The summed E-state index contributed by atoms with van der Waals surface area (Å²) in [5.74, 6) is -1.12. The third-order valence-corrected chi connectivity index (χ3v) is 6.52. The van der Waals surface area contributed by atoms with Crippen LogP contribution in [0.5, 0.6) is 0 Å². The van der Waals surface area contributed by atoms with Crippen LogP contribution in [0.15, 0.2) is 0 Å². The molecule has 6 heteroatoms. The zero-order valence-corrected chi connectivity index (χ0v) is 13.5. The zero-order chi connectivity index (χ0) is 16.3. The second kappa shape index (κ2) is 7.13. The molecule has 0 amide bonds. The Labute approximate surface area is 134 Å². The first kappa shape index (κ1) is 17.5. The maximum atomic E-state index is 13.2. The molecule has 6 unspecified atom stereocenters. The fourth-order valence-electron chi connectivity index (χ4n) is 4.16. The second-order valence-corrected chi connectivity index (χ2v) is 7.57. The van der Waals surface area contributed by atoms with Gasteiger partial charge in [-0.1, -0.05) is 0 Å². The Kier molecular flexibility index (Phi) is 5.66. The summed E-state index contributed by atoms with van der Waals surface area (Å²) in [6.07, 6.45) is 1.34. The molecule has 2 nitrogen and oxygen atoms in total. The van der Waals surface area contributed by atoms with Crippen LogP contribution in [0.4, 0.5) is 13.2 Å². The van der Waals surface area contributed by atoms with Crippen molar-refractivity contribution in [3.8, 4) is 6.07 Å². The molecule has 0 N–H and O–H groups in total. The molecular formula is C16H21F3N2S. The minimum Gasteiger partial charge on any atom is -0.313 e. The molecule has 122 valence electrons. The van der Waals surface area contributed by atoms with Crippen molar-refractivity contribution in [2.24, 2.45) is 23.7 Å². The van der Waals surface area contributed by atoms with Crippen LogP contribution in [0.1, 0.15) is 38.5 Å². The van der Waals surface area contributed by atoms with Gasteiger partial charge in [-0.25, -0.2) is 6.57 Å². The SMILES string of the molecule is [C-]#[N+]C1CCC(C2CCC(C#N)CC2SC)CC1C(F)(F)F. The largest absolute Gasteiger partial charge is 0.399 e. The fraction of sp³-hybridized carbons (Fsp3) is 0.875. The van der Waals surface area contributed by atoms with Gasteiger partial charge in [0, 0.05) is 17.6 Å².